The quantitative estimate of drug-likeness (QED) is 0.812. The first-order valence-corrected chi connectivity index (χ1v) is 7.66. The fourth-order valence-electron chi connectivity index (χ4n) is 3.37. The number of fused-ring (bicyclic) bond motifs is 1. The molecule has 1 aliphatic carbocycles. The van der Waals surface area contributed by atoms with E-state index in [0.29, 0.717) is 0 Å². The average Bonchev–Trinajstić information content (AvgIpc) is 2.64. The number of benzene rings is 2. The fraction of sp³-hybridized carbons (Fsp3) is 0.368. The van der Waals surface area contributed by atoms with Gasteiger partial charge in [0.25, 0.3) is 0 Å². The van der Waals surface area contributed by atoms with E-state index in [9.17, 15) is 9.50 Å². The van der Waals surface area contributed by atoms with Crippen LogP contribution in [-0.4, -0.2) is 5.11 Å². The maximum Gasteiger partial charge on any atom is 0.123 e. The molecule has 0 saturated heterocycles. The summed E-state index contributed by atoms with van der Waals surface area (Å²) in [5.74, 6) is -0.0340. The summed E-state index contributed by atoms with van der Waals surface area (Å²) in [7, 11) is 0. The van der Waals surface area contributed by atoms with E-state index in [1.807, 2.05) is 31.2 Å². The topological polar surface area (TPSA) is 20.2 Å². The maximum atomic E-state index is 13.5. The lowest BCUT2D eigenvalue weighted by molar-refractivity contribution is 0.105. The van der Waals surface area contributed by atoms with Gasteiger partial charge in [-0.1, -0.05) is 30.3 Å². The Bertz CT molecular complexity index is 635. The molecular formula is C19H21FO. The second-order valence-corrected chi connectivity index (χ2v) is 6.07. The minimum atomic E-state index is -0.452. The zero-order valence-corrected chi connectivity index (χ0v) is 12.3. The molecule has 0 aliphatic heterocycles. The highest BCUT2D eigenvalue weighted by Gasteiger charge is 2.26. The van der Waals surface area contributed by atoms with Crippen LogP contribution in [0.15, 0.2) is 42.5 Å². The maximum absolute atomic E-state index is 13.5. The van der Waals surface area contributed by atoms with Crippen LogP contribution in [0.25, 0.3) is 0 Å². The largest absolute Gasteiger partial charge is 0.388 e. The molecule has 0 amide bonds. The molecule has 21 heavy (non-hydrogen) atoms. The van der Waals surface area contributed by atoms with Crippen molar-refractivity contribution in [1.82, 2.24) is 0 Å². The minimum absolute atomic E-state index is 0.161. The van der Waals surface area contributed by atoms with Crippen molar-refractivity contribution in [3.8, 4) is 0 Å². The van der Waals surface area contributed by atoms with Crippen LogP contribution in [0.1, 0.15) is 41.2 Å². The van der Waals surface area contributed by atoms with Crippen LogP contribution in [-0.2, 0) is 12.8 Å². The molecule has 0 bridgehead atoms. The lowest BCUT2D eigenvalue weighted by Gasteiger charge is -2.23. The Morgan fingerprint density at radius 2 is 2.00 bits per heavy atom. The van der Waals surface area contributed by atoms with E-state index in [1.165, 1.54) is 11.6 Å². The van der Waals surface area contributed by atoms with Crippen molar-refractivity contribution in [3.05, 3.63) is 70.5 Å². The van der Waals surface area contributed by atoms with E-state index in [-0.39, 0.29) is 11.7 Å². The molecule has 3 rings (SSSR count). The van der Waals surface area contributed by atoms with Gasteiger partial charge >= 0.3 is 0 Å². The molecule has 2 unspecified atom stereocenters. The van der Waals surface area contributed by atoms with Crippen LogP contribution in [0.3, 0.4) is 0 Å². The summed E-state index contributed by atoms with van der Waals surface area (Å²) in [6.07, 6.45) is 3.36. The summed E-state index contributed by atoms with van der Waals surface area (Å²) in [4.78, 5) is 0. The number of halogens is 1. The first-order valence-electron chi connectivity index (χ1n) is 7.66. The average molecular weight is 284 g/mol. The minimum Gasteiger partial charge on any atom is -0.388 e. The highest BCUT2D eigenvalue weighted by Crippen LogP contribution is 2.35. The molecule has 2 aromatic carbocycles. The molecule has 110 valence electrons. The SMILES string of the molecule is Cc1ccc(F)cc1CC1CCCc2ccccc2C1O. The highest BCUT2D eigenvalue weighted by molar-refractivity contribution is 5.32. The normalized spacial score (nSPS) is 21.7. The second-order valence-electron chi connectivity index (χ2n) is 6.07. The van der Waals surface area contributed by atoms with Crippen molar-refractivity contribution in [2.45, 2.75) is 38.7 Å². The van der Waals surface area contributed by atoms with E-state index < -0.39 is 6.10 Å². The van der Waals surface area contributed by atoms with Crippen molar-refractivity contribution >= 4 is 0 Å². The summed E-state index contributed by atoms with van der Waals surface area (Å²) in [6, 6.07) is 13.1. The predicted octanol–water partition coefficient (Wildman–Crippen LogP) is 4.36. The predicted molar refractivity (Wildman–Crippen MR) is 82.7 cm³/mol. The first-order chi connectivity index (χ1) is 10.1. The summed E-state index contributed by atoms with van der Waals surface area (Å²) in [5, 5.41) is 10.7. The molecule has 0 aromatic heterocycles. The molecule has 0 fully saturated rings. The Kier molecular flexibility index (Phi) is 4.07. The second kappa shape index (κ2) is 5.98. The van der Waals surface area contributed by atoms with Gasteiger partial charge in [-0.25, -0.2) is 4.39 Å². The van der Waals surface area contributed by atoms with Crippen LogP contribution >= 0.6 is 0 Å². The summed E-state index contributed by atoms with van der Waals surface area (Å²) >= 11 is 0. The molecule has 0 heterocycles. The van der Waals surface area contributed by atoms with E-state index >= 15 is 0 Å². The molecule has 2 aromatic rings. The Labute approximate surface area is 125 Å². The van der Waals surface area contributed by atoms with Gasteiger partial charge in [0.2, 0.25) is 0 Å². The Balaban J connectivity index is 1.87. The molecule has 2 heteroatoms. The van der Waals surface area contributed by atoms with Gasteiger partial charge in [-0.15, -0.1) is 0 Å². The van der Waals surface area contributed by atoms with E-state index in [0.717, 1.165) is 42.4 Å². The van der Waals surface area contributed by atoms with Gasteiger partial charge in [0.1, 0.15) is 5.82 Å². The van der Waals surface area contributed by atoms with Crippen molar-refractivity contribution in [2.75, 3.05) is 0 Å². The van der Waals surface area contributed by atoms with E-state index in [1.54, 1.807) is 6.07 Å². The summed E-state index contributed by atoms with van der Waals surface area (Å²) < 4.78 is 13.5. The molecule has 0 radical (unpaired) electrons. The van der Waals surface area contributed by atoms with Gasteiger partial charge < -0.3 is 5.11 Å². The number of aliphatic hydroxyl groups excluding tert-OH is 1. The number of hydrogen-bond donors (Lipinski definition) is 1. The Morgan fingerprint density at radius 3 is 2.86 bits per heavy atom. The lowest BCUT2D eigenvalue weighted by Crippen LogP contribution is -2.15. The van der Waals surface area contributed by atoms with Crippen LogP contribution in [0, 0.1) is 18.7 Å². The lowest BCUT2D eigenvalue weighted by atomic mass is 9.86. The number of hydrogen-bond acceptors (Lipinski definition) is 1. The zero-order chi connectivity index (χ0) is 14.8. The third-order valence-electron chi connectivity index (χ3n) is 4.63. The molecule has 1 aliphatic rings. The highest BCUT2D eigenvalue weighted by atomic mass is 19.1. The molecular weight excluding hydrogens is 263 g/mol. The van der Waals surface area contributed by atoms with Crippen molar-refractivity contribution < 1.29 is 9.50 Å². The summed E-state index contributed by atoms with van der Waals surface area (Å²) in [6.45, 7) is 2.01. The number of aliphatic hydroxyl groups is 1. The number of rotatable bonds is 2. The Hall–Kier alpha value is -1.67. The van der Waals surface area contributed by atoms with Crippen molar-refractivity contribution in [1.29, 1.82) is 0 Å². The Morgan fingerprint density at radius 1 is 1.19 bits per heavy atom. The molecule has 1 N–H and O–H groups in total. The van der Waals surface area contributed by atoms with Gasteiger partial charge in [-0.3, -0.25) is 0 Å². The van der Waals surface area contributed by atoms with Crippen molar-refractivity contribution in [2.24, 2.45) is 5.92 Å². The summed E-state index contributed by atoms with van der Waals surface area (Å²) in [5.41, 5.74) is 4.41. The standard InChI is InChI=1S/C19H21FO/c1-13-9-10-17(20)12-16(13)11-15-7-4-6-14-5-2-3-8-18(14)19(15)21/h2-3,5,8-10,12,15,19,21H,4,6-7,11H2,1H3. The van der Waals surface area contributed by atoms with Gasteiger partial charge in [0, 0.05) is 0 Å². The third-order valence-corrected chi connectivity index (χ3v) is 4.63. The zero-order valence-electron chi connectivity index (χ0n) is 12.3. The monoisotopic (exact) mass is 284 g/mol. The molecule has 0 saturated carbocycles. The van der Waals surface area contributed by atoms with E-state index in [4.69, 9.17) is 0 Å². The third kappa shape index (κ3) is 3.01. The molecule has 1 nitrogen and oxygen atoms in total. The van der Waals surface area contributed by atoms with Crippen LogP contribution in [0.4, 0.5) is 4.39 Å². The van der Waals surface area contributed by atoms with Gasteiger partial charge in [-0.05, 0) is 72.9 Å². The van der Waals surface area contributed by atoms with Crippen LogP contribution in [0.5, 0.6) is 0 Å². The first kappa shape index (κ1) is 14.3. The van der Waals surface area contributed by atoms with Gasteiger partial charge in [0.15, 0.2) is 0 Å². The fourth-order valence-corrected chi connectivity index (χ4v) is 3.37. The molecule has 0 spiro atoms. The number of aryl methyl sites for hydroxylation is 2. The molecule has 2 atom stereocenters. The van der Waals surface area contributed by atoms with E-state index in [2.05, 4.69) is 6.07 Å². The smallest absolute Gasteiger partial charge is 0.123 e. The van der Waals surface area contributed by atoms with Crippen LogP contribution in [0.2, 0.25) is 0 Å². The van der Waals surface area contributed by atoms with Gasteiger partial charge in [0.05, 0.1) is 6.10 Å². The van der Waals surface area contributed by atoms with Gasteiger partial charge in [-0.2, -0.15) is 0 Å². The van der Waals surface area contributed by atoms with Crippen molar-refractivity contribution in [3.63, 3.8) is 0 Å². The van der Waals surface area contributed by atoms with Crippen LogP contribution < -0.4 is 0 Å².